The molecule has 2 radical (unpaired) electrons. The molecule has 0 N–H and O–H groups in total. The van der Waals surface area contributed by atoms with Crippen molar-refractivity contribution in [2.24, 2.45) is 0 Å². The van der Waals surface area contributed by atoms with Gasteiger partial charge in [0.15, 0.2) is 0 Å². The van der Waals surface area contributed by atoms with Crippen LogP contribution in [0.4, 0.5) is 0 Å². The zero-order valence-electron chi connectivity index (χ0n) is 7.47. The van der Waals surface area contributed by atoms with Gasteiger partial charge in [-0.15, -0.1) is 0 Å². The summed E-state index contributed by atoms with van der Waals surface area (Å²) in [5.74, 6) is 0. The van der Waals surface area contributed by atoms with Crippen LogP contribution in [0.2, 0.25) is 8.37 Å². The molecular formula is C10H18Sn. The molecule has 1 atom stereocenters. The van der Waals surface area contributed by atoms with Crippen molar-refractivity contribution in [1.29, 1.82) is 0 Å². The monoisotopic (exact) mass is 258 g/mol. The van der Waals surface area contributed by atoms with Crippen LogP contribution in [0.25, 0.3) is 0 Å². The van der Waals surface area contributed by atoms with E-state index in [1.165, 1.54) is 32.1 Å². The maximum atomic E-state index is 2.51. The Morgan fingerprint density at radius 2 is 2.45 bits per heavy atom. The molecule has 0 bridgehead atoms. The van der Waals surface area contributed by atoms with Crippen molar-refractivity contribution >= 4 is 21.1 Å². The Balaban J connectivity index is 2.05. The number of unbranched alkanes of at least 4 members (excludes halogenated alkanes) is 1. The molecule has 11 heavy (non-hydrogen) atoms. The summed E-state index contributed by atoms with van der Waals surface area (Å²) in [6.45, 7) is 2.30. The third-order valence-electron chi connectivity index (χ3n) is 2.19. The molecule has 0 nitrogen and oxygen atoms in total. The first-order valence-electron chi connectivity index (χ1n) is 4.83. The summed E-state index contributed by atoms with van der Waals surface area (Å²) in [6, 6.07) is 0. The number of hydrogen-bond donors (Lipinski definition) is 0. The van der Waals surface area contributed by atoms with Gasteiger partial charge in [-0.2, -0.15) is 0 Å². The van der Waals surface area contributed by atoms with Crippen molar-refractivity contribution in [3.05, 3.63) is 12.2 Å². The predicted molar refractivity (Wildman–Crippen MR) is 52.2 cm³/mol. The first-order chi connectivity index (χ1) is 5.43. The summed E-state index contributed by atoms with van der Waals surface area (Å²) in [7, 11) is 0. The molecule has 0 fully saturated rings. The molecular weight excluding hydrogens is 239 g/mol. The number of allylic oxidation sites excluding steroid dienone is 2. The second-order valence-electron chi connectivity index (χ2n) is 3.27. The number of hydrogen-bond acceptors (Lipinski definition) is 0. The van der Waals surface area contributed by atoms with Gasteiger partial charge in [0.25, 0.3) is 0 Å². The fraction of sp³-hybridized carbons (Fsp3) is 0.800. The molecule has 1 heteroatoms. The third-order valence-corrected chi connectivity index (χ3v) is 6.89. The normalized spacial score (nSPS) is 23.9. The van der Waals surface area contributed by atoms with Gasteiger partial charge in [-0.3, -0.25) is 0 Å². The van der Waals surface area contributed by atoms with Crippen molar-refractivity contribution in [3.8, 4) is 0 Å². The molecule has 0 saturated heterocycles. The number of rotatable bonds is 4. The molecule has 1 rings (SSSR count). The molecule has 1 unspecified atom stereocenters. The van der Waals surface area contributed by atoms with Crippen molar-refractivity contribution in [2.45, 2.75) is 47.4 Å². The van der Waals surface area contributed by atoms with E-state index in [2.05, 4.69) is 19.1 Å². The molecule has 1 aliphatic carbocycles. The van der Waals surface area contributed by atoms with E-state index >= 15 is 0 Å². The third kappa shape index (κ3) is 4.19. The van der Waals surface area contributed by atoms with Gasteiger partial charge in [0, 0.05) is 0 Å². The van der Waals surface area contributed by atoms with Crippen LogP contribution < -0.4 is 0 Å². The van der Waals surface area contributed by atoms with Crippen LogP contribution in [0.5, 0.6) is 0 Å². The van der Waals surface area contributed by atoms with Crippen LogP contribution in [0, 0.1) is 0 Å². The Morgan fingerprint density at radius 3 is 3.09 bits per heavy atom. The van der Waals surface area contributed by atoms with Gasteiger partial charge in [0.05, 0.1) is 0 Å². The minimum absolute atomic E-state index is 0.00629. The molecule has 0 saturated carbocycles. The Hall–Kier alpha value is 0.539. The average molecular weight is 257 g/mol. The zero-order valence-corrected chi connectivity index (χ0v) is 10.3. The van der Waals surface area contributed by atoms with Gasteiger partial charge < -0.3 is 0 Å². The van der Waals surface area contributed by atoms with Gasteiger partial charge in [0.2, 0.25) is 0 Å². The first-order valence-corrected chi connectivity index (χ1v) is 8.50. The quantitative estimate of drug-likeness (QED) is 0.411. The molecule has 62 valence electrons. The standard InChI is InChI=1S/C6H9.C4H9.Sn/c1-2-4-6-5-3-1;1-3-4-2;/h1-3H,4-6H2;1,3-4H2,2H3;. The molecule has 0 amide bonds. The predicted octanol–water partition coefficient (Wildman–Crippen LogP) is 3.44. The topological polar surface area (TPSA) is 0 Å². The fourth-order valence-electron chi connectivity index (χ4n) is 1.45. The van der Waals surface area contributed by atoms with Crippen LogP contribution in [-0.2, 0) is 0 Å². The van der Waals surface area contributed by atoms with Crippen LogP contribution in [-0.4, -0.2) is 21.1 Å². The summed E-state index contributed by atoms with van der Waals surface area (Å²) in [5, 5.41) is 0. The second-order valence-corrected chi connectivity index (χ2v) is 7.98. The van der Waals surface area contributed by atoms with E-state index in [9.17, 15) is 0 Å². The van der Waals surface area contributed by atoms with Crippen LogP contribution in [0.1, 0.15) is 39.0 Å². The van der Waals surface area contributed by atoms with E-state index in [0.29, 0.717) is 0 Å². The van der Waals surface area contributed by atoms with E-state index in [4.69, 9.17) is 0 Å². The van der Waals surface area contributed by atoms with Gasteiger partial charge in [-0.1, -0.05) is 0 Å². The Kier molecular flexibility index (Phi) is 5.34. The Labute approximate surface area is 80.7 Å². The molecule has 0 aromatic heterocycles. The summed E-state index contributed by atoms with van der Waals surface area (Å²) >= 11 is 0.00629. The van der Waals surface area contributed by atoms with Crippen molar-refractivity contribution in [3.63, 3.8) is 0 Å². The SMILES string of the molecule is CCC[CH2][Sn][CH]1C=CCCC1. The van der Waals surface area contributed by atoms with E-state index in [0.717, 1.165) is 3.93 Å². The van der Waals surface area contributed by atoms with Gasteiger partial charge in [-0.05, 0) is 0 Å². The van der Waals surface area contributed by atoms with Crippen LogP contribution >= 0.6 is 0 Å². The van der Waals surface area contributed by atoms with Crippen LogP contribution in [0.3, 0.4) is 0 Å². The van der Waals surface area contributed by atoms with E-state index in [-0.39, 0.29) is 21.1 Å². The molecule has 0 spiro atoms. The summed E-state index contributed by atoms with van der Waals surface area (Å²) in [5.41, 5.74) is 0. The summed E-state index contributed by atoms with van der Waals surface area (Å²) in [4.78, 5) is 0. The molecule has 0 aromatic carbocycles. The minimum atomic E-state index is 0.00629. The fourth-order valence-corrected chi connectivity index (χ4v) is 6.04. The van der Waals surface area contributed by atoms with Gasteiger partial charge >= 0.3 is 80.7 Å². The van der Waals surface area contributed by atoms with Crippen LogP contribution in [0.15, 0.2) is 12.2 Å². The molecule has 0 aliphatic heterocycles. The van der Waals surface area contributed by atoms with E-state index < -0.39 is 0 Å². The zero-order chi connectivity index (χ0) is 7.94. The average Bonchev–Trinajstić information content (AvgIpc) is 2.07. The molecule has 0 aromatic rings. The van der Waals surface area contributed by atoms with Crippen molar-refractivity contribution < 1.29 is 0 Å². The molecule has 0 heterocycles. The van der Waals surface area contributed by atoms with E-state index in [1.54, 1.807) is 4.44 Å². The summed E-state index contributed by atoms with van der Waals surface area (Å²) in [6.07, 6.45) is 12.1. The summed E-state index contributed by atoms with van der Waals surface area (Å²) < 4.78 is 2.70. The van der Waals surface area contributed by atoms with E-state index in [1.807, 2.05) is 0 Å². The second kappa shape index (κ2) is 6.10. The Bertz CT molecular complexity index is 118. The Morgan fingerprint density at radius 1 is 1.55 bits per heavy atom. The van der Waals surface area contributed by atoms with Gasteiger partial charge in [0.1, 0.15) is 0 Å². The van der Waals surface area contributed by atoms with Gasteiger partial charge in [-0.25, -0.2) is 0 Å². The first kappa shape index (κ1) is 9.63. The van der Waals surface area contributed by atoms with Crippen molar-refractivity contribution in [2.75, 3.05) is 0 Å². The van der Waals surface area contributed by atoms with Crippen molar-refractivity contribution in [1.82, 2.24) is 0 Å². The molecule has 1 aliphatic rings. The maximum absolute atomic E-state index is 2.51.